The summed E-state index contributed by atoms with van der Waals surface area (Å²) >= 11 is 0. The van der Waals surface area contributed by atoms with E-state index < -0.39 is 0 Å². The van der Waals surface area contributed by atoms with Gasteiger partial charge in [0.15, 0.2) is 0 Å². The molecule has 0 aromatic rings. The number of ether oxygens (including phenoxy) is 1. The van der Waals surface area contributed by atoms with Gasteiger partial charge in [-0.15, -0.1) is 12.4 Å². The molecule has 0 radical (unpaired) electrons. The van der Waals surface area contributed by atoms with Crippen molar-refractivity contribution in [3.8, 4) is 0 Å². The zero-order chi connectivity index (χ0) is 12.9. The summed E-state index contributed by atoms with van der Waals surface area (Å²) in [6, 6.07) is 0. The second-order valence-corrected chi connectivity index (χ2v) is 5.89. The van der Waals surface area contributed by atoms with Gasteiger partial charge in [0.2, 0.25) is 5.91 Å². The van der Waals surface area contributed by atoms with Gasteiger partial charge in [-0.2, -0.15) is 0 Å². The second kappa shape index (κ2) is 7.97. The second-order valence-electron chi connectivity index (χ2n) is 5.89. The van der Waals surface area contributed by atoms with Crippen LogP contribution in [0.2, 0.25) is 0 Å². The Labute approximate surface area is 117 Å². The third-order valence-electron chi connectivity index (χ3n) is 3.43. The molecule has 1 saturated heterocycles. The molecule has 1 heterocycles. The van der Waals surface area contributed by atoms with Gasteiger partial charge in [0.05, 0.1) is 0 Å². The molecule has 1 aliphatic heterocycles. The summed E-state index contributed by atoms with van der Waals surface area (Å²) in [5, 5.41) is 0. The van der Waals surface area contributed by atoms with Crippen molar-refractivity contribution in [2.45, 2.75) is 33.1 Å². The van der Waals surface area contributed by atoms with Crippen LogP contribution in [0.15, 0.2) is 0 Å². The highest BCUT2D eigenvalue weighted by Gasteiger charge is 2.22. The number of carbonyl (C=O) groups is 1. The summed E-state index contributed by atoms with van der Waals surface area (Å²) in [5.41, 5.74) is 5.67. The van der Waals surface area contributed by atoms with Crippen LogP contribution in [0.4, 0.5) is 0 Å². The quantitative estimate of drug-likeness (QED) is 0.804. The van der Waals surface area contributed by atoms with Gasteiger partial charge in [0.1, 0.15) is 0 Å². The minimum Gasteiger partial charge on any atom is -0.381 e. The summed E-state index contributed by atoms with van der Waals surface area (Å²) in [4.78, 5) is 13.7. The lowest BCUT2D eigenvalue weighted by molar-refractivity contribution is -0.131. The van der Waals surface area contributed by atoms with Crippen LogP contribution in [-0.2, 0) is 9.53 Å². The van der Waals surface area contributed by atoms with Gasteiger partial charge < -0.3 is 15.4 Å². The van der Waals surface area contributed by atoms with Gasteiger partial charge in [-0.25, -0.2) is 0 Å². The van der Waals surface area contributed by atoms with Gasteiger partial charge in [0.25, 0.3) is 0 Å². The fourth-order valence-corrected chi connectivity index (χ4v) is 2.12. The Morgan fingerprint density at radius 3 is 2.67 bits per heavy atom. The zero-order valence-corrected chi connectivity index (χ0v) is 12.6. The summed E-state index contributed by atoms with van der Waals surface area (Å²) in [7, 11) is 1.87. The van der Waals surface area contributed by atoms with Crippen molar-refractivity contribution in [2.24, 2.45) is 17.1 Å². The minimum atomic E-state index is 0. The van der Waals surface area contributed by atoms with Crippen LogP contribution in [-0.4, -0.2) is 44.2 Å². The van der Waals surface area contributed by atoms with Crippen molar-refractivity contribution < 1.29 is 9.53 Å². The number of halogens is 1. The van der Waals surface area contributed by atoms with Crippen LogP contribution >= 0.6 is 12.4 Å². The van der Waals surface area contributed by atoms with E-state index in [9.17, 15) is 4.79 Å². The van der Waals surface area contributed by atoms with E-state index in [1.807, 2.05) is 11.9 Å². The van der Waals surface area contributed by atoms with Crippen LogP contribution in [0, 0.1) is 11.3 Å². The molecule has 0 saturated carbocycles. The number of nitrogens with two attached hydrogens (primary N) is 1. The molecule has 1 atom stereocenters. The highest BCUT2D eigenvalue weighted by Crippen LogP contribution is 2.19. The van der Waals surface area contributed by atoms with Crippen LogP contribution in [0.5, 0.6) is 0 Å². The molecule has 4 nitrogen and oxygen atoms in total. The fourth-order valence-electron chi connectivity index (χ4n) is 2.12. The van der Waals surface area contributed by atoms with E-state index >= 15 is 0 Å². The molecule has 5 heteroatoms. The predicted molar refractivity (Wildman–Crippen MR) is 75.9 cm³/mol. The van der Waals surface area contributed by atoms with Crippen molar-refractivity contribution in [2.75, 3.05) is 33.4 Å². The molecule has 0 aromatic heterocycles. The van der Waals surface area contributed by atoms with Crippen molar-refractivity contribution in [3.05, 3.63) is 0 Å². The fraction of sp³-hybridized carbons (Fsp3) is 0.923. The third-order valence-corrected chi connectivity index (χ3v) is 3.43. The van der Waals surface area contributed by atoms with Crippen LogP contribution in [0.25, 0.3) is 0 Å². The predicted octanol–water partition coefficient (Wildman–Crippen LogP) is 1.67. The summed E-state index contributed by atoms with van der Waals surface area (Å²) in [5.74, 6) is 0.799. The Kier molecular flexibility index (Phi) is 7.83. The van der Waals surface area contributed by atoms with E-state index in [4.69, 9.17) is 10.5 Å². The van der Waals surface area contributed by atoms with Gasteiger partial charge >= 0.3 is 0 Å². The van der Waals surface area contributed by atoms with E-state index in [1.165, 1.54) is 0 Å². The van der Waals surface area contributed by atoms with Gasteiger partial charge in [-0.1, -0.05) is 13.8 Å². The maximum atomic E-state index is 11.9. The molecule has 2 N–H and O–H groups in total. The molecule has 18 heavy (non-hydrogen) atoms. The van der Waals surface area contributed by atoms with Gasteiger partial charge in [0, 0.05) is 33.2 Å². The van der Waals surface area contributed by atoms with Crippen molar-refractivity contribution >= 4 is 18.3 Å². The topological polar surface area (TPSA) is 55.6 Å². The van der Waals surface area contributed by atoms with E-state index in [2.05, 4.69) is 13.8 Å². The highest BCUT2D eigenvalue weighted by molar-refractivity contribution is 5.85. The number of rotatable bonds is 6. The first-order valence-corrected chi connectivity index (χ1v) is 6.46. The maximum Gasteiger partial charge on any atom is 0.222 e. The van der Waals surface area contributed by atoms with E-state index in [0.29, 0.717) is 18.9 Å². The van der Waals surface area contributed by atoms with Crippen LogP contribution < -0.4 is 5.73 Å². The molecular formula is C13H27ClN2O2. The minimum absolute atomic E-state index is 0. The third kappa shape index (κ3) is 6.03. The smallest absolute Gasteiger partial charge is 0.222 e. The molecule has 0 spiro atoms. The average molecular weight is 279 g/mol. The summed E-state index contributed by atoms with van der Waals surface area (Å²) in [6.45, 7) is 7.17. The van der Waals surface area contributed by atoms with Crippen molar-refractivity contribution in [1.29, 1.82) is 0 Å². The van der Waals surface area contributed by atoms with Crippen LogP contribution in [0.1, 0.15) is 33.1 Å². The largest absolute Gasteiger partial charge is 0.381 e. The van der Waals surface area contributed by atoms with Gasteiger partial charge in [-0.05, 0) is 30.7 Å². The average Bonchev–Trinajstić information content (AvgIpc) is 2.78. The Balaban J connectivity index is 0.00000289. The Morgan fingerprint density at radius 2 is 2.17 bits per heavy atom. The highest BCUT2D eigenvalue weighted by atomic mass is 35.5. The molecule has 1 rings (SSSR count). The van der Waals surface area contributed by atoms with Crippen molar-refractivity contribution in [3.63, 3.8) is 0 Å². The molecule has 0 bridgehead atoms. The summed E-state index contributed by atoms with van der Waals surface area (Å²) in [6.07, 6.45) is 2.68. The lowest BCUT2D eigenvalue weighted by Gasteiger charge is -2.29. The molecule has 108 valence electrons. The molecule has 1 fully saturated rings. The lowest BCUT2D eigenvalue weighted by Crippen LogP contribution is -2.39. The van der Waals surface area contributed by atoms with Crippen LogP contribution in [0.3, 0.4) is 0 Å². The molecule has 1 unspecified atom stereocenters. The first-order valence-electron chi connectivity index (χ1n) is 6.46. The Morgan fingerprint density at radius 1 is 1.50 bits per heavy atom. The Bertz CT molecular complexity index is 253. The molecule has 1 amide bonds. The van der Waals surface area contributed by atoms with E-state index in [0.717, 1.165) is 32.6 Å². The first kappa shape index (κ1) is 17.7. The number of nitrogens with zero attached hydrogens (tertiary/aromatic N) is 1. The number of carbonyl (C=O) groups excluding carboxylic acids is 1. The maximum absolute atomic E-state index is 11.9. The standard InChI is InChI=1S/C13H26N2O2.ClH/c1-13(2,9-14)10-15(3)12(16)5-4-11-6-7-17-8-11;/h11H,4-10,14H2,1-3H3;1H. The van der Waals surface area contributed by atoms with E-state index in [1.54, 1.807) is 0 Å². The first-order chi connectivity index (χ1) is 7.94. The molecule has 1 aliphatic rings. The Hall–Kier alpha value is -0.320. The number of hydrogen-bond donors (Lipinski definition) is 1. The molecule has 0 aliphatic carbocycles. The lowest BCUT2D eigenvalue weighted by atomic mass is 9.93. The monoisotopic (exact) mass is 278 g/mol. The zero-order valence-electron chi connectivity index (χ0n) is 11.8. The molecular weight excluding hydrogens is 252 g/mol. The normalized spacial score (nSPS) is 19.4. The number of hydrogen-bond acceptors (Lipinski definition) is 3. The van der Waals surface area contributed by atoms with Gasteiger partial charge in [-0.3, -0.25) is 4.79 Å². The van der Waals surface area contributed by atoms with E-state index in [-0.39, 0.29) is 23.7 Å². The number of amides is 1. The summed E-state index contributed by atoms with van der Waals surface area (Å²) < 4.78 is 5.31. The SMILES string of the molecule is CN(CC(C)(C)CN)C(=O)CCC1CCOC1.Cl. The molecule has 0 aromatic carbocycles. The van der Waals surface area contributed by atoms with Crippen molar-refractivity contribution in [1.82, 2.24) is 4.90 Å².